The van der Waals surface area contributed by atoms with Crippen LogP contribution >= 0.6 is 0 Å². The largest absolute Gasteiger partial charge is 0.461 e. The van der Waals surface area contributed by atoms with Gasteiger partial charge < -0.3 is 14.8 Å². The summed E-state index contributed by atoms with van der Waals surface area (Å²) in [6, 6.07) is 7.28. The number of H-pyrrole nitrogens is 1. The minimum Gasteiger partial charge on any atom is -0.461 e. The molecule has 4 heterocycles. The van der Waals surface area contributed by atoms with Crippen LogP contribution in [0.5, 0.6) is 5.88 Å². The number of anilines is 1. The number of pyridine rings is 2. The second-order valence-corrected chi connectivity index (χ2v) is 7.82. The Kier molecular flexibility index (Phi) is 6.55. The predicted octanol–water partition coefficient (Wildman–Crippen LogP) is 3.24. The molecule has 0 spiro atoms. The maximum absolute atomic E-state index is 13.1. The minimum atomic E-state index is -0.980. The lowest BCUT2D eigenvalue weighted by atomic mass is 10.2. The summed E-state index contributed by atoms with van der Waals surface area (Å²) in [5.74, 6) is 0.654. The number of carbonyl (C=O) groups excluding carboxylic acids is 1. The Balaban J connectivity index is 1.66. The summed E-state index contributed by atoms with van der Waals surface area (Å²) in [7, 11) is 0. The average molecular weight is 447 g/mol. The first kappa shape index (κ1) is 22.3. The molecule has 4 rings (SSSR count). The van der Waals surface area contributed by atoms with Crippen LogP contribution in [0.2, 0.25) is 0 Å². The number of aromatic nitrogens is 6. The van der Waals surface area contributed by atoms with Gasteiger partial charge in [-0.2, -0.15) is 10.1 Å². The Morgan fingerprint density at radius 1 is 1.12 bits per heavy atom. The van der Waals surface area contributed by atoms with Crippen molar-refractivity contribution in [3.8, 4) is 17.3 Å². The van der Waals surface area contributed by atoms with Crippen LogP contribution < -0.4 is 10.1 Å². The van der Waals surface area contributed by atoms with E-state index in [-0.39, 0.29) is 18.6 Å². The van der Waals surface area contributed by atoms with E-state index < -0.39 is 12.0 Å². The number of carbonyl (C=O) groups is 1. The lowest BCUT2D eigenvalue weighted by molar-refractivity contribution is -0.126. The van der Waals surface area contributed by atoms with Crippen LogP contribution in [0.3, 0.4) is 0 Å². The second kappa shape index (κ2) is 9.70. The third kappa shape index (κ3) is 5.29. The molecule has 33 heavy (non-hydrogen) atoms. The molecule has 0 aromatic carbocycles. The zero-order valence-electron chi connectivity index (χ0n) is 18.9. The minimum absolute atomic E-state index is 0.0277. The Morgan fingerprint density at radius 3 is 2.70 bits per heavy atom. The van der Waals surface area contributed by atoms with Gasteiger partial charge in [0.15, 0.2) is 11.5 Å². The first-order valence-corrected chi connectivity index (χ1v) is 10.6. The monoisotopic (exact) mass is 447 g/mol. The summed E-state index contributed by atoms with van der Waals surface area (Å²) in [6.07, 6.45) is 3.87. The SMILES string of the molecule is Cc1ccc(NC(=O)[C@H](COC(C)C)Oc2nc(-c3cccnc3C)nc3[nH]ncc23)nc1. The highest BCUT2D eigenvalue weighted by Crippen LogP contribution is 2.27. The van der Waals surface area contributed by atoms with E-state index in [1.165, 1.54) is 0 Å². The molecular weight excluding hydrogens is 422 g/mol. The van der Waals surface area contributed by atoms with Gasteiger partial charge in [0.1, 0.15) is 11.2 Å². The Bertz CT molecular complexity index is 1250. The van der Waals surface area contributed by atoms with Gasteiger partial charge in [-0.1, -0.05) is 6.07 Å². The maximum Gasteiger partial charge on any atom is 0.269 e. The summed E-state index contributed by atoms with van der Waals surface area (Å²) in [5.41, 5.74) is 3.00. The maximum atomic E-state index is 13.1. The predicted molar refractivity (Wildman–Crippen MR) is 123 cm³/mol. The smallest absolute Gasteiger partial charge is 0.269 e. The molecule has 0 bridgehead atoms. The number of hydrogen-bond acceptors (Lipinski definition) is 8. The molecule has 10 nitrogen and oxygen atoms in total. The molecule has 10 heteroatoms. The fraction of sp³-hybridized carbons (Fsp3) is 0.304. The molecule has 170 valence electrons. The third-order valence-electron chi connectivity index (χ3n) is 4.81. The molecular formula is C23H25N7O3. The van der Waals surface area contributed by atoms with Gasteiger partial charge in [-0.25, -0.2) is 9.97 Å². The van der Waals surface area contributed by atoms with E-state index in [1.807, 2.05) is 45.9 Å². The van der Waals surface area contributed by atoms with Gasteiger partial charge in [0.2, 0.25) is 12.0 Å². The van der Waals surface area contributed by atoms with Gasteiger partial charge in [-0.3, -0.25) is 14.9 Å². The molecule has 0 aliphatic rings. The van der Waals surface area contributed by atoms with Crippen LogP contribution in [0.25, 0.3) is 22.4 Å². The number of rotatable bonds is 8. The zero-order valence-corrected chi connectivity index (χ0v) is 18.9. The summed E-state index contributed by atoms with van der Waals surface area (Å²) >= 11 is 0. The fourth-order valence-corrected chi connectivity index (χ4v) is 3.07. The number of aromatic amines is 1. The number of nitrogens with zero attached hydrogens (tertiary/aromatic N) is 5. The summed E-state index contributed by atoms with van der Waals surface area (Å²) in [6.45, 7) is 7.60. The summed E-state index contributed by atoms with van der Waals surface area (Å²) in [5, 5.41) is 10.2. The molecule has 4 aromatic rings. The summed E-state index contributed by atoms with van der Waals surface area (Å²) in [4.78, 5) is 30.7. The van der Waals surface area contributed by atoms with E-state index in [1.54, 1.807) is 24.7 Å². The molecule has 0 saturated heterocycles. The van der Waals surface area contributed by atoms with Crippen molar-refractivity contribution < 1.29 is 14.3 Å². The van der Waals surface area contributed by atoms with Gasteiger partial charge in [0.25, 0.3) is 5.91 Å². The van der Waals surface area contributed by atoms with Crippen LogP contribution in [-0.4, -0.2) is 54.9 Å². The van der Waals surface area contributed by atoms with Crippen LogP contribution in [0.4, 0.5) is 5.82 Å². The third-order valence-corrected chi connectivity index (χ3v) is 4.81. The van der Waals surface area contributed by atoms with E-state index in [0.717, 1.165) is 16.8 Å². The average Bonchev–Trinajstić information content (AvgIpc) is 3.27. The van der Waals surface area contributed by atoms with Crippen LogP contribution in [0.15, 0.2) is 42.9 Å². The summed E-state index contributed by atoms with van der Waals surface area (Å²) < 4.78 is 11.8. The second-order valence-electron chi connectivity index (χ2n) is 7.82. The molecule has 0 fully saturated rings. The molecule has 0 aliphatic heterocycles. The number of hydrogen-bond donors (Lipinski definition) is 2. The van der Waals surface area contributed by atoms with Crippen molar-refractivity contribution in [2.24, 2.45) is 0 Å². The highest BCUT2D eigenvalue weighted by Gasteiger charge is 2.25. The molecule has 2 N–H and O–H groups in total. The van der Waals surface area contributed by atoms with E-state index >= 15 is 0 Å². The normalized spacial score (nSPS) is 12.2. The molecule has 1 amide bonds. The Hall–Kier alpha value is -3.92. The number of fused-ring (bicyclic) bond motifs is 1. The fourth-order valence-electron chi connectivity index (χ4n) is 3.07. The molecule has 0 saturated carbocycles. The Morgan fingerprint density at radius 2 is 1.97 bits per heavy atom. The number of ether oxygens (including phenoxy) is 2. The van der Waals surface area contributed by atoms with E-state index in [2.05, 4.69) is 35.5 Å². The van der Waals surface area contributed by atoms with Crippen molar-refractivity contribution in [2.45, 2.75) is 39.9 Å². The Labute approximate surface area is 190 Å². The quantitative estimate of drug-likeness (QED) is 0.421. The first-order chi connectivity index (χ1) is 15.9. The highest BCUT2D eigenvalue weighted by molar-refractivity contribution is 5.94. The van der Waals surface area contributed by atoms with Crippen LogP contribution in [0, 0.1) is 13.8 Å². The molecule has 0 radical (unpaired) electrons. The lowest BCUT2D eigenvalue weighted by Crippen LogP contribution is -2.38. The van der Waals surface area contributed by atoms with Gasteiger partial charge >= 0.3 is 0 Å². The van der Waals surface area contributed by atoms with E-state index in [4.69, 9.17) is 9.47 Å². The molecule has 1 atom stereocenters. The molecule has 4 aromatic heterocycles. The van der Waals surface area contributed by atoms with Crippen molar-refractivity contribution in [1.29, 1.82) is 0 Å². The lowest BCUT2D eigenvalue weighted by Gasteiger charge is -2.20. The number of nitrogens with one attached hydrogen (secondary N) is 2. The highest BCUT2D eigenvalue weighted by atomic mass is 16.5. The van der Waals surface area contributed by atoms with Crippen molar-refractivity contribution in [3.63, 3.8) is 0 Å². The van der Waals surface area contributed by atoms with Crippen molar-refractivity contribution >= 4 is 22.8 Å². The first-order valence-electron chi connectivity index (χ1n) is 10.6. The van der Waals surface area contributed by atoms with Gasteiger partial charge in [0.05, 0.1) is 18.9 Å². The van der Waals surface area contributed by atoms with E-state index in [9.17, 15) is 4.79 Å². The van der Waals surface area contributed by atoms with Gasteiger partial charge in [-0.05, 0) is 51.5 Å². The molecule has 0 aliphatic carbocycles. The van der Waals surface area contributed by atoms with Crippen molar-refractivity contribution in [1.82, 2.24) is 30.1 Å². The van der Waals surface area contributed by atoms with Gasteiger partial charge in [-0.15, -0.1) is 0 Å². The van der Waals surface area contributed by atoms with Crippen molar-refractivity contribution in [3.05, 3.63) is 54.1 Å². The molecule has 0 unspecified atom stereocenters. The topological polar surface area (TPSA) is 128 Å². The zero-order chi connectivity index (χ0) is 23.4. The van der Waals surface area contributed by atoms with E-state index in [0.29, 0.717) is 22.7 Å². The van der Waals surface area contributed by atoms with Crippen molar-refractivity contribution in [2.75, 3.05) is 11.9 Å². The van der Waals surface area contributed by atoms with Crippen LogP contribution in [0.1, 0.15) is 25.1 Å². The number of aryl methyl sites for hydroxylation is 2. The van der Waals surface area contributed by atoms with Gasteiger partial charge in [0, 0.05) is 23.7 Å². The van der Waals surface area contributed by atoms with Crippen LogP contribution in [-0.2, 0) is 9.53 Å². The number of amides is 1. The standard InChI is InChI=1S/C23H25N7O3/c1-13(2)32-12-18(22(31)27-19-8-7-14(3)10-25-19)33-23-17-11-26-30-21(17)28-20(29-23)16-6-5-9-24-15(16)4/h5-11,13,18H,12H2,1-4H3,(H,25,27,31)(H,26,28,29,30)/t18-/m0/s1.